The number of para-hydroxylation sites is 2. The average Bonchev–Trinajstić information content (AvgIpc) is 3.44. The van der Waals surface area contributed by atoms with Gasteiger partial charge in [0.1, 0.15) is 5.75 Å². The highest BCUT2D eigenvalue weighted by molar-refractivity contribution is 5.78. The van der Waals surface area contributed by atoms with Crippen LogP contribution in [0.5, 0.6) is 5.75 Å². The highest BCUT2D eigenvalue weighted by Gasteiger charge is 2.21. The van der Waals surface area contributed by atoms with Crippen molar-refractivity contribution in [2.75, 3.05) is 37.7 Å². The zero-order chi connectivity index (χ0) is 23.3. The summed E-state index contributed by atoms with van der Waals surface area (Å²) < 4.78 is 10.8. The Labute approximate surface area is 197 Å². The van der Waals surface area contributed by atoms with Crippen LogP contribution in [0.2, 0.25) is 0 Å². The number of imidazole rings is 1. The van der Waals surface area contributed by atoms with E-state index in [0.717, 1.165) is 54.3 Å². The van der Waals surface area contributed by atoms with Crippen LogP contribution in [0.3, 0.4) is 0 Å². The van der Waals surface area contributed by atoms with Crippen LogP contribution in [-0.2, 0) is 11.2 Å². The quantitative estimate of drug-likeness (QED) is 0.449. The molecule has 3 heterocycles. The van der Waals surface area contributed by atoms with E-state index in [9.17, 15) is 4.79 Å². The van der Waals surface area contributed by atoms with E-state index in [2.05, 4.69) is 20.0 Å². The summed E-state index contributed by atoms with van der Waals surface area (Å²) in [5, 5.41) is 4.06. The lowest BCUT2D eigenvalue weighted by molar-refractivity contribution is -0.131. The number of H-pyrrole nitrogens is 1. The number of aryl methyl sites for hydroxylation is 1. The summed E-state index contributed by atoms with van der Waals surface area (Å²) in [4.78, 5) is 29.5. The number of nitrogens with zero attached hydrogens (tertiary/aromatic N) is 5. The van der Waals surface area contributed by atoms with E-state index in [1.807, 2.05) is 60.4 Å². The van der Waals surface area contributed by atoms with Crippen molar-refractivity contribution in [2.24, 2.45) is 0 Å². The Morgan fingerprint density at radius 3 is 2.74 bits per heavy atom. The number of fused-ring (bicyclic) bond motifs is 1. The number of aromatic amines is 1. The number of amides is 1. The first-order valence-electron chi connectivity index (χ1n) is 11.7. The summed E-state index contributed by atoms with van der Waals surface area (Å²) in [5.41, 5.74) is 2.83. The fraction of sp³-hybridized carbons (Fsp3) is 0.360. The maximum atomic E-state index is 12.9. The number of carbonyl (C=O) groups is 1. The largest absolute Gasteiger partial charge is 0.494 e. The zero-order valence-electron chi connectivity index (χ0n) is 19.2. The maximum absolute atomic E-state index is 12.9. The molecule has 1 aliphatic rings. The molecule has 0 bridgehead atoms. The number of benzene rings is 2. The lowest BCUT2D eigenvalue weighted by Crippen LogP contribution is -2.35. The number of aromatic nitrogens is 4. The van der Waals surface area contributed by atoms with Gasteiger partial charge in [-0.2, -0.15) is 4.98 Å². The third-order valence-electron chi connectivity index (χ3n) is 5.97. The molecule has 0 radical (unpaired) electrons. The number of rotatable bonds is 7. The Morgan fingerprint density at radius 2 is 1.91 bits per heavy atom. The van der Waals surface area contributed by atoms with Crippen LogP contribution in [-0.4, -0.2) is 63.7 Å². The van der Waals surface area contributed by atoms with Gasteiger partial charge in [0.2, 0.25) is 23.6 Å². The molecule has 5 rings (SSSR count). The number of nitrogens with one attached hydrogen (secondary N) is 1. The summed E-state index contributed by atoms with van der Waals surface area (Å²) in [6, 6.07) is 15.6. The molecule has 1 fully saturated rings. The Hall–Kier alpha value is -3.88. The van der Waals surface area contributed by atoms with Crippen LogP contribution in [0.4, 0.5) is 5.95 Å². The molecule has 4 aromatic rings. The Morgan fingerprint density at radius 1 is 1.06 bits per heavy atom. The molecule has 0 saturated carbocycles. The summed E-state index contributed by atoms with van der Waals surface area (Å²) >= 11 is 0. The van der Waals surface area contributed by atoms with Gasteiger partial charge in [-0.15, -0.1) is 0 Å². The van der Waals surface area contributed by atoms with Crippen molar-refractivity contribution in [3.63, 3.8) is 0 Å². The van der Waals surface area contributed by atoms with Crippen LogP contribution >= 0.6 is 0 Å². The number of anilines is 1. The second-order valence-electron chi connectivity index (χ2n) is 8.27. The second-order valence-corrected chi connectivity index (χ2v) is 8.27. The van der Waals surface area contributed by atoms with Gasteiger partial charge in [0.05, 0.1) is 17.6 Å². The maximum Gasteiger partial charge on any atom is 0.227 e. The Balaban J connectivity index is 1.14. The van der Waals surface area contributed by atoms with Crippen molar-refractivity contribution < 1.29 is 14.1 Å². The van der Waals surface area contributed by atoms with Crippen LogP contribution < -0.4 is 9.64 Å². The molecule has 1 saturated heterocycles. The molecule has 176 valence electrons. The van der Waals surface area contributed by atoms with Crippen molar-refractivity contribution >= 4 is 22.9 Å². The molecule has 1 aliphatic heterocycles. The molecule has 9 nitrogen and oxygen atoms in total. The van der Waals surface area contributed by atoms with E-state index in [1.54, 1.807) is 0 Å². The zero-order valence-corrected chi connectivity index (χ0v) is 19.2. The molecule has 2 aromatic carbocycles. The summed E-state index contributed by atoms with van der Waals surface area (Å²) in [5.74, 6) is 2.75. The van der Waals surface area contributed by atoms with E-state index < -0.39 is 0 Å². The molecular formula is C25H28N6O3. The average molecular weight is 461 g/mol. The minimum absolute atomic E-state index is 0.104. The van der Waals surface area contributed by atoms with E-state index in [1.165, 1.54) is 0 Å². The molecule has 1 amide bonds. The van der Waals surface area contributed by atoms with E-state index >= 15 is 0 Å². The monoisotopic (exact) mass is 460 g/mol. The van der Waals surface area contributed by atoms with Crippen LogP contribution in [0.25, 0.3) is 22.4 Å². The third-order valence-corrected chi connectivity index (χ3v) is 5.97. The molecule has 2 aromatic heterocycles. The predicted octanol–water partition coefficient (Wildman–Crippen LogP) is 3.68. The molecular weight excluding hydrogens is 432 g/mol. The fourth-order valence-corrected chi connectivity index (χ4v) is 4.18. The topological polar surface area (TPSA) is 100 Å². The fourth-order valence-electron chi connectivity index (χ4n) is 4.18. The normalized spacial score (nSPS) is 14.4. The number of ether oxygens (including phenoxy) is 1. The minimum atomic E-state index is 0.104. The summed E-state index contributed by atoms with van der Waals surface area (Å²) in [6.07, 6.45) is 1.66. The van der Waals surface area contributed by atoms with Gasteiger partial charge in [0, 0.05) is 44.6 Å². The van der Waals surface area contributed by atoms with Gasteiger partial charge in [0.15, 0.2) is 0 Å². The van der Waals surface area contributed by atoms with Gasteiger partial charge in [-0.05, 0) is 49.7 Å². The minimum Gasteiger partial charge on any atom is -0.494 e. The van der Waals surface area contributed by atoms with E-state index in [0.29, 0.717) is 37.7 Å². The van der Waals surface area contributed by atoms with Gasteiger partial charge in [0.25, 0.3) is 0 Å². The van der Waals surface area contributed by atoms with Crippen LogP contribution in [0.1, 0.15) is 25.7 Å². The van der Waals surface area contributed by atoms with Crippen molar-refractivity contribution in [1.29, 1.82) is 0 Å². The highest BCUT2D eigenvalue weighted by atomic mass is 16.5. The molecule has 9 heteroatoms. The van der Waals surface area contributed by atoms with Gasteiger partial charge in [-0.1, -0.05) is 17.3 Å². The molecule has 0 atom stereocenters. The van der Waals surface area contributed by atoms with Crippen LogP contribution in [0, 0.1) is 0 Å². The Kier molecular flexibility index (Phi) is 6.42. The highest BCUT2D eigenvalue weighted by Crippen LogP contribution is 2.21. The van der Waals surface area contributed by atoms with Gasteiger partial charge in [-0.3, -0.25) is 4.79 Å². The third kappa shape index (κ3) is 4.88. The molecule has 34 heavy (non-hydrogen) atoms. The lowest BCUT2D eigenvalue weighted by atomic mass is 10.2. The van der Waals surface area contributed by atoms with Crippen molar-refractivity contribution in [3.8, 4) is 17.1 Å². The molecule has 0 aliphatic carbocycles. The van der Waals surface area contributed by atoms with E-state index in [-0.39, 0.29) is 5.91 Å². The molecule has 0 unspecified atom stereocenters. The van der Waals surface area contributed by atoms with Crippen molar-refractivity contribution in [3.05, 3.63) is 54.4 Å². The number of hydrogen-bond acceptors (Lipinski definition) is 7. The summed E-state index contributed by atoms with van der Waals surface area (Å²) in [7, 11) is 0. The lowest BCUT2D eigenvalue weighted by Gasteiger charge is -2.21. The van der Waals surface area contributed by atoms with Gasteiger partial charge >= 0.3 is 0 Å². The van der Waals surface area contributed by atoms with Crippen molar-refractivity contribution in [1.82, 2.24) is 25.0 Å². The summed E-state index contributed by atoms with van der Waals surface area (Å²) in [6.45, 7) is 5.57. The molecule has 1 N–H and O–H groups in total. The van der Waals surface area contributed by atoms with Gasteiger partial charge in [-0.25, -0.2) is 4.98 Å². The number of hydrogen-bond donors (Lipinski definition) is 1. The Bertz CT molecular complexity index is 1220. The predicted molar refractivity (Wildman–Crippen MR) is 129 cm³/mol. The van der Waals surface area contributed by atoms with Crippen molar-refractivity contribution in [2.45, 2.75) is 26.2 Å². The SMILES string of the molecule is CCOc1ccc(-c2noc(CCC(=O)N3CCCN(c4nc5ccccc5[nH]4)CC3)n2)cc1. The van der Waals surface area contributed by atoms with Gasteiger partial charge < -0.3 is 24.0 Å². The molecule has 0 spiro atoms. The van der Waals surface area contributed by atoms with Crippen LogP contribution in [0.15, 0.2) is 53.1 Å². The second kappa shape index (κ2) is 9.94. The first-order valence-corrected chi connectivity index (χ1v) is 11.7. The standard InChI is InChI=1S/C25H28N6O3/c1-2-33-19-10-8-18(9-11-19)24-28-22(34-29-24)12-13-23(32)30-14-5-15-31(17-16-30)25-26-20-6-3-4-7-21(20)27-25/h3-4,6-11H,2,5,12-17H2,1H3,(H,26,27). The smallest absolute Gasteiger partial charge is 0.227 e. The van der Waals surface area contributed by atoms with E-state index in [4.69, 9.17) is 14.2 Å². The first-order chi connectivity index (χ1) is 16.7. The number of carbonyl (C=O) groups excluding carboxylic acids is 1. The first kappa shape index (κ1) is 21.9.